The van der Waals surface area contributed by atoms with E-state index in [-0.39, 0.29) is 0 Å². The number of nitrogens with zero attached hydrogens (tertiary/aromatic N) is 4. The van der Waals surface area contributed by atoms with Gasteiger partial charge in [0.05, 0.1) is 16.8 Å². The average molecular weight is 921 g/mol. The van der Waals surface area contributed by atoms with Crippen LogP contribution in [0.5, 0.6) is 0 Å². The van der Waals surface area contributed by atoms with E-state index in [1.54, 1.807) is 0 Å². The maximum atomic E-state index is 5.15. The standard InChI is InChI=1S/C68H48N4/c1-67(2)61-43-53(71(49-21-11-5-12-22-49)51-31-27-47(28-32-51)45-17-7-3-8-18-45)35-37-55(61)57-39-40-58-56-38-36-54(72(50-23-13-6-14-24-50)52-33-29-48(30-34-52)46-19-9-4-10-20-46)44-62(56)68(64(58)63(57)67)59-25-15-41-69-65(59)66-60(68)26-16-42-70-66/h3-44H,1-2H3. The molecule has 72 heavy (non-hydrogen) atoms. The van der Waals surface area contributed by atoms with Gasteiger partial charge in [-0.1, -0.05) is 172 Å². The minimum absolute atomic E-state index is 0.396. The van der Waals surface area contributed by atoms with E-state index in [4.69, 9.17) is 9.97 Å². The Morgan fingerprint density at radius 2 is 0.653 bits per heavy atom. The summed E-state index contributed by atoms with van der Waals surface area (Å²) in [5.41, 5.74) is 24.8. The van der Waals surface area contributed by atoms with E-state index in [0.29, 0.717) is 0 Å². The van der Waals surface area contributed by atoms with Crippen LogP contribution in [0.3, 0.4) is 0 Å². The number of rotatable bonds is 8. The van der Waals surface area contributed by atoms with Gasteiger partial charge in [0.2, 0.25) is 0 Å². The fraction of sp³-hybridized carbons (Fsp3) is 0.0588. The summed E-state index contributed by atoms with van der Waals surface area (Å²) in [5.74, 6) is 0. The lowest BCUT2D eigenvalue weighted by atomic mass is 9.66. The molecule has 0 unspecified atom stereocenters. The van der Waals surface area contributed by atoms with Gasteiger partial charge < -0.3 is 9.80 Å². The van der Waals surface area contributed by atoms with Crippen molar-refractivity contribution in [3.8, 4) is 55.9 Å². The second-order valence-electron chi connectivity index (χ2n) is 19.7. The first-order valence-electron chi connectivity index (χ1n) is 24.9. The minimum Gasteiger partial charge on any atom is -0.310 e. The summed E-state index contributed by atoms with van der Waals surface area (Å²) in [6.07, 6.45) is 3.84. The van der Waals surface area contributed by atoms with Crippen LogP contribution in [0, 0.1) is 0 Å². The van der Waals surface area contributed by atoms with Gasteiger partial charge in [-0.15, -0.1) is 0 Å². The summed E-state index contributed by atoms with van der Waals surface area (Å²) < 4.78 is 0. The molecule has 0 bridgehead atoms. The molecule has 1 spiro atoms. The van der Waals surface area contributed by atoms with E-state index in [1.807, 2.05) is 12.4 Å². The number of benzene rings is 9. The van der Waals surface area contributed by atoms with Crippen molar-refractivity contribution < 1.29 is 0 Å². The second kappa shape index (κ2) is 16.2. The Kier molecular flexibility index (Phi) is 9.43. The van der Waals surface area contributed by atoms with Crippen molar-refractivity contribution in [1.82, 2.24) is 9.97 Å². The fourth-order valence-corrected chi connectivity index (χ4v) is 12.4. The highest BCUT2D eigenvalue weighted by Gasteiger charge is 2.56. The highest BCUT2D eigenvalue weighted by atomic mass is 15.1. The molecular formula is C68H48N4. The molecule has 0 saturated heterocycles. The Morgan fingerprint density at radius 3 is 1.12 bits per heavy atom. The molecule has 0 saturated carbocycles. The van der Waals surface area contributed by atoms with Gasteiger partial charge in [0.1, 0.15) is 0 Å². The Hall–Kier alpha value is -9.12. The third kappa shape index (κ3) is 6.18. The minimum atomic E-state index is -0.697. The number of pyridine rings is 2. The van der Waals surface area contributed by atoms with Gasteiger partial charge in [-0.3, -0.25) is 9.97 Å². The van der Waals surface area contributed by atoms with Crippen molar-refractivity contribution in [2.24, 2.45) is 0 Å². The Labute approximate surface area is 420 Å². The lowest BCUT2D eigenvalue weighted by Gasteiger charge is -2.35. The van der Waals surface area contributed by atoms with Crippen molar-refractivity contribution in [1.29, 1.82) is 0 Å². The number of hydrogen-bond donors (Lipinski definition) is 0. The van der Waals surface area contributed by atoms with Crippen LogP contribution in [0.4, 0.5) is 34.1 Å². The number of aromatic nitrogens is 2. The van der Waals surface area contributed by atoms with Crippen molar-refractivity contribution in [2.45, 2.75) is 24.7 Å². The predicted octanol–water partition coefficient (Wildman–Crippen LogP) is 17.4. The van der Waals surface area contributed by atoms with E-state index in [1.165, 1.54) is 77.9 Å². The van der Waals surface area contributed by atoms with Crippen molar-refractivity contribution >= 4 is 34.1 Å². The van der Waals surface area contributed by atoms with Gasteiger partial charge in [0.25, 0.3) is 0 Å². The zero-order valence-electron chi connectivity index (χ0n) is 40.0. The van der Waals surface area contributed by atoms with Crippen LogP contribution in [0.2, 0.25) is 0 Å². The zero-order valence-corrected chi connectivity index (χ0v) is 40.0. The first-order valence-corrected chi connectivity index (χ1v) is 24.9. The molecule has 0 radical (unpaired) electrons. The van der Waals surface area contributed by atoms with Gasteiger partial charge in [-0.05, 0) is 163 Å². The molecule has 11 aromatic rings. The molecule has 0 atom stereocenters. The molecule has 0 aliphatic heterocycles. The van der Waals surface area contributed by atoms with Crippen LogP contribution in [-0.2, 0) is 10.8 Å². The van der Waals surface area contributed by atoms with Crippen LogP contribution < -0.4 is 9.80 Å². The molecule has 4 heteroatoms. The van der Waals surface area contributed by atoms with Crippen molar-refractivity contribution in [3.05, 3.63) is 288 Å². The van der Waals surface area contributed by atoms with Crippen LogP contribution >= 0.6 is 0 Å². The summed E-state index contributed by atoms with van der Waals surface area (Å²) >= 11 is 0. The van der Waals surface area contributed by atoms with E-state index in [9.17, 15) is 0 Å². The summed E-state index contributed by atoms with van der Waals surface area (Å²) in [6, 6.07) is 88.6. The number of para-hydroxylation sites is 2. The van der Waals surface area contributed by atoms with E-state index >= 15 is 0 Å². The summed E-state index contributed by atoms with van der Waals surface area (Å²) in [6.45, 7) is 4.87. The number of hydrogen-bond acceptors (Lipinski definition) is 4. The van der Waals surface area contributed by atoms with E-state index in [2.05, 4.69) is 266 Å². The Morgan fingerprint density at radius 1 is 0.292 bits per heavy atom. The highest BCUT2D eigenvalue weighted by molar-refractivity contribution is 5.99. The smallest absolute Gasteiger partial charge is 0.0937 e. The van der Waals surface area contributed by atoms with Crippen LogP contribution in [0.25, 0.3) is 55.9 Å². The zero-order chi connectivity index (χ0) is 48.0. The molecule has 3 aliphatic carbocycles. The van der Waals surface area contributed by atoms with Gasteiger partial charge in [-0.2, -0.15) is 0 Å². The Balaban J connectivity index is 0.955. The molecule has 2 aromatic heterocycles. The van der Waals surface area contributed by atoms with E-state index in [0.717, 1.165) is 45.5 Å². The molecular weight excluding hydrogens is 873 g/mol. The third-order valence-electron chi connectivity index (χ3n) is 15.5. The van der Waals surface area contributed by atoms with Crippen molar-refractivity contribution in [2.75, 3.05) is 9.80 Å². The molecule has 0 N–H and O–H groups in total. The monoisotopic (exact) mass is 920 g/mol. The topological polar surface area (TPSA) is 32.3 Å². The molecule has 0 fully saturated rings. The van der Waals surface area contributed by atoms with Crippen molar-refractivity contribution in [3.63, 3.8) is 0 Å². The first kappa shape index (κ1) is 41.8. The predicted molar refractivity (Wildman–Crippen MR) is 296 cm³/mol. The molecule has 4 nitrogen and oxygen atoms in total. The first-order chi connectivity index (χ1) is 35.5. The third-order valence-corrected chi connectivity index (χ3v) is 15.5. The van der Waals surface area contributed by atoms with E-state index < -0.39 is 10.8 Å². The summed E-state index contributed by atoms with van der Waals surface area (Å²) in [7, 11) is 0. The molecule has 0 amide bonds. The average Bonchev–Trinajstić information content (AvgIpc) is 4.00. The highest BCUT2D eigenvalue weighted by Crippen LogP contribution is 2.67. The molecule has 9 aromatic carbocycles. The van der Waals surface area contributed by atoms with Gasteiger partial charge in [-0.25, -0.2) is 0 Å². The summed E-state index contributed by atoms with van der Waals surface area (Å²) in [4.78, 5) is 15.1. The SMILES string of the molecule is CC1(C)c2cc(N(c3ccccc3)c3ccc(-c4ccccc4)cc3)ccc2-c2ccc3c(c21)C1(c2cc(N(c4ccccc4)c4ccc(-c5ccccc5)cc4)ccc2-3)c2cccnc2-c2ncccc21. The second-order valence-corrected chi connectivity index (χ2v) is 19.7. The largest absolute Gasteiger partial charge is 0.310 e. The van der Waals surface area contributed by atoms with Gasteiger partial charge in [0, 0.05) is 51.9 Å². The lowest BCUT2D eigenvalue weighted by molar-refractivity contribution is 0.636. The molecule has 3 aliphatic rings. The molecule has 2 heterocycles. The normalized spacial score (nSPS) is 13.6. The summed E-state index contributed by atoms with van der Waals surface area (Å²) in [5, 5.41) is 0. The fourth-order valence-electron chi connectivity index (χ4n) is 12.4. The quantitative estimate of drug-likeness (QED) is 0.152. The number of anilines is 6. The molecule has 340 valence electrons. The van der Waals surface area contributed by atoms with Gasteiger partial charge >= 0.3 is 0 Å². The maximum absolute atomic E-state index is 5.15. The van der Waals surface area contributed by atoms with Gasteiger partial charge in [0.15, 0.2) is 0 Å². The Bertz CT molecular complexity index is 3820. The number of fused-ring (bicyclic) bond motifs is 14. The maximum Gasteiger partial charge on any atom is 0.0937 e. The van der Waals surface area contributed by atoms with Crippen LogP contribution in [-0.4, -0.2) is 9.97 Å². The van der Waals surface area contributed by atoms with Crippen LogP contribution in [0.15, 0.2) is 255 Å². The molecule has 14 rings (SSSR count). The van der Waals surface area contributed by atoms with Crippen LogP contribution in [0.1, 0.15) is 47.2 Å². The lowest BCUT2D eigenvalue weighted by Crippen LogP contribution is -2.30.